The Kier molecular flexibility index (Phi) is 4.71. The molecule has 0 saturated carbocycles. The van der Waals surface area contributed by atoms with E-state index in [0.717, 1.165) is 0 Å². The van der Waals surface area contributed by atoms with Gasteiger partial charge >= 0.3 is 0 Å². The Morgan fingerprint density at radius 1 is 1.56 bits per heavy atom. The highest BCUT2D eigenvalue weighted by Gasteiger charge is 2.14. The summed E-state index contributed by atoms with van der Waals surface area (Å²) in [7, 11) is 1.63. The lowest BCUT2D eigenvalue weighted by Crippen LogP contribution is -2.33. The summed E-state index contributed by atoms with van der Waals surface area (Å²) in [4.78, 5) is 13.1. The number of nitrogens with two attached hydrogens (primary N) is 1. The predicted molar refractivity (Wildman–Crippen MR) is 61.8 cm³/mol. The maximum atomic E-state index is 13.4. The van der Waals surface area contributed by atoms with Gasteiger partial charge in [-0.3, -0.25) is 4.79 Å². The summed E-state index contributed by atoms with van der Waals surface area (Å²) < 4.78 is 13.4. The van der Waals surface area contributed by atoms with Crippen molar-refractivity contribution in [2.24, 2.45) is 5.73 Å². The van der Waals surface area contributed by atoms with Crippen LogP contribution in [0.2, 0.25) is 5.02 Å². The normalized spacial score (nSPS) is 10.2. The number of halogens is 2. The minimum atomic E-state index is -0.456. The molecule has 2 N–H and O–H groups in total. The van der Waals surface area contributed by atoms with Crippen LogP contribution in [0, 0.1) is 5.82 Å². The van der Waals surface area contributed by atoms with Crippen LogP contribution in [-0.2, 0) is 11.2 Å². The van der Waals surface area contributed by atoms with Crippen molar-refractivity contribution in [2.45, 2.75) is 6.42 Å². The van der Waals surface area contributed by atoms with Crippen LogP contribution in [0.3, 0.4) is 0 Å². The maximum Gasteiger partial charge on any atom is 0.226 e. The molecule has 0 saturated heterocycles. The first-order valence-electron chi connectivity index (χ1n) is 4.93. The lowest BCUT2D eigenvalue weighted by molar-refractivity contribution is -0.129. The quantitative estimate of drug-likeness (QED) is 0.871. The van der Waals surface area contributed by atoms with Crippen molar-refractivity contribution in [1.29, 1.82) is 0 Å². The van der Waals surface area contributed by atoms with Crippen molar-refractivity contribution >= 4 is 17.5 Å². The molecule has 0 aliphatic carbocycles. The van der Waals surface area contributed by atoms with Gasteiger partial charge in [0.2, 0.25) is 5.91 Å². The molecule has 0 aliphatic rings. The van der Waals surface area contributed by atoms with Crippen molar-refractivity contribution in [3.8, 4) is 0 Å². The van der Waals surface area contributed by atoms with E-state index in [0.29, 0.717) is 13.1 Å². The molecule has 0 radical (unpaired) electrons. The number of nitrogens with zero attached hydrogens (tertiary/aromatic N) is 1. The summed E-state index contributed by atoms with van der Waals surface area (Å²) in [6.45, 7) is 0.831. The summed E-state index contributed by atoms with van der Waals surface area (Å²) >= 11 is 5.82. The first-order valence-corrected chi connectivity index (χ1v) is 5.31. The van der Waals surface area contributed by atoms with Crippen molar-refractivity contribution in [2.75, 3.05) is 20.1 Å². The molecule has 0 unspecified atom stereocenters. The van der Waals surface area contributed by atoms with E-state index in [1.807, 2.05) is 0 Å². The molecule has 0 aliphatic heterocycles. The van der Waals surface area contributed by atoms with Crippen LogP contribution in [0.4, 0.5) is 4.39 Å². The third-order valence-electron chi connectivity index (χ3n) is 2.28. The molecule has 16 heavy (non-hydrogen) atoms. The number of hydrogen-bond acceptors (Lipinski definition) is 2. The molecule has 0 spiro atoms. The highest BCUT2D eigenvalue weighted by Crippen LogP contribution is 2.19. The fourth-order valence-electron chi connectivity index (χ4n) is 1.31. The molecule has 1 amide bonds. The largest absolute Gasteiger partial charge is 0.344 e. The highest BCUT2D eigenvalue weighted by atomic mass is 35.5. The van der Waals surface area contributed by atoms with E-state index < -0.39 is 5.82 Å². The van der Waals surface area contributed by atoms with E-state index >= 15 is 0 Å². The van der Waals surface area contributed by atoms with Crippen LogP contribution in [0.25, 0.3) is 0 Å². The van der Waals surface area contributed by atoms with E-state index in [1.165, 1.54) is 17.0 Å². The summed E-state index contributed by atoms with van der Waals surface area (Å²) in [5, 5.41) is 0.273. The number of carbonyl (C=O) groups is 1. The molecule has 3 nitrogen and oxygen atoms in total. The van der Waals surface area contributed by atoms with E-state index in [4.69, 9.17) is 17.3 Å². The summed E-state index contributed by atoms with van der Waals surface area (Å²) in [5.74, 6) is -0.653. The summed E-state index contributed by atoms with van der Waals surface area (Å²) in [5.41, 5.74) is 5.56. The minimum Gasteiger partial charge on any atom is -0.344 e. The molecule has 0 heterocycles. The van der Waals surface area contributed by atoms with Gasteiger partial charge in [0.05, 0.1) is 6.42 Å². The lowest BCUT2D eigenvalue weighted by atomic mass is 10.1. The van der Waals surface area contributed by atoms with Crippen LogP contribution in [0.1, 0.15) is 5.56 Å². The standard InChI is InChI=1S/C11H14ClFN2O/c1-15(6-5-14)11(16)7-8-9(12)3-2-4-10(8)13/h2-4H,5-7,14H2,1H3. The molecule has 0 fully saturated rings. The second kappa shape index (κ2) is 5.82. The predicted octanol–water partition coefficient (Wildman–Crippen LogP) is 1.44. The van der Waals surface area contributed by atoms with Crippen LogP contribution >= 0.6 is 11.6 Å². The van der Waals surface area contributed by atoms with Gasteiger partial charge in [-0.05, 0) is 12.1 Å². The first-order chi connectivity index (χ1) is 7.56. The Hall–Kier alpha value is -1.13. The van der Waals surface area contributed by atoms with Gasteiger partial charge in [0.15, 0.2) is 0 Å². The van der Waals surface area contributed by atoms with Crippen molar-refractivity contribution in [3.63, 3.8) is 0 Å². The van der Waals surface area contributed by atoms with Crippen molar-refractivity contribution < 1.29 is 9.18 Å². The number of hydrogen-bond donors (Lipinski definition) is 1. The zero-order valence-corrected chi connectivity index (χ0v) is 9.80. The van der Waals surface area contributed by atoms with Crippen LogP contribution in [-0.4, -0.2) is 30.9 Å². The summed E-state index contributed by atoms with van der Waals surface area (Å²) in [6, 6.07) is 4.36. The van der Waals surface area contributed by atoms with E-state index in [-0.39, 0.29) is 22.9 Å². The number of carbonyl (C=O) groups excluding carboxylic acids is 1. The molecule has 88 valence electrons. The highest BCUT2D eigenvalue weighted by molar-refractivity contribution is 6.31. The van der Waals surface area contributed by atoms with Gasteiger partial charge in [-0.15, -0.1) is 0 Å². The number of likely N-dealkylation sites (N-methyl/N-ethyl adjacent to an activating group) is 1. The van der Waals surface area contributed by atoms with Crippen molar-refractivity contribution in [3.05, 3.63) is 34.6 Å². The van der Waals surface area contributed by atoms with E-state index in [9.17, 15) is 9.18 Å². The second-order valence-corrected chi connectivity index (χ2v) is 3.89. The van der Waals surface area contributed by atoms with Gasteiger partial charge in [0.1, 0.15) is 5.82 Å². The number of benzene rings is 1. The Morgan fingerprint density at radius 3 is 2.81 bits per heavy atom. The summed E-state index contributed by atoms with van der Waals surface area (Å²) in [6.07, 6.45) is -0.0397. The molecule has 0 aromatic heterocycles. The first kappa shape index (κ1) is 12.9. The van der Waals surface area contributed by atoms with Crippen molar-refractivity contribution in [1.82, 2.24) is 4.90 Å². The van der Waals surface area contributed by atoms with Gasteiger partial charge < -0.3 is 10.6 Å². The molecule has 0 atom stereocenters. The molecule has 0 bridgehead atoms. The SMILES string of the molecule is CN(CCN)C(=O)Cc1c(F)cccc1Cl. The van der Waals surface area contributed by atoms with Crippen LogP contribution in [0.5, 0.6) is 0 Å². The molecular weight excluding hydrogens is 231 g/mol. The molecular formula is C11H14ClFN2O. The Labute approximate surface area is 99.0 Å². The van der Waals surface area contributed by atoms with Gasteiger partial charge in [0, 0.05) is 30.7 Å². The average Bonchev–Trinajstić information content (AvgIpc) is 2.23. The van der Waals surface area contributed by atoms with Gasteiger partial charge in [-0.2, -0.15) is 0 Å². The molecule has 1 aromatic rings. The van der Waals surface area contributed by atoms with Gasteiger partial charge in [-0.25, -0.2) is 4.39 Å². The Bertz CT molecular complexity index is 364. The maximum absolute atomic E-state index is 13.4. The fraction of sp³-hybridized carbons (Fsp3) is 0.364. The Morgan fingerprint density at radius 2 is 2.25 bits per heavy atom. The third kappa shape index (κ3) is 3.18. The zero-order chi connectivity index (χ0) is 12.1. The molecule has 1 rings (SSSR count). The zero-order valence-electron chi connectivity index (χ0n) is 9.04. The van der Waals surface area contributed by atoms with E-state index in [2.05, 4.69) is 0 Å². The smallest absolute Gasteiger partial charge is 0.226 e. The molecule has 5 heteroatoms. The van der Waals surface area contributed by atoms with Crippen LogP contribution in [0.15, 0.2) is 18.2 Å². The van der Waals surface area contributed by atoms with Gasteiger partial charge in [-0.1, -0.05) is 17.7 Å². The third-order valence-corrected chi connectivity index (χ3v) is 2.63. The minimum absolute atomic E-state index is 0.0397. The molecule has 1 aromatic carbocycles. The topological polar surface area (TPSA) is 46.3 Å². The monoisotopic (exact) mass is 244 g/mol. The van der Waals surface area contributed by atoms with Crippen LogP contribution < -0.4 is 5.73 Å². The second-order valence-electron chi connectivity index (χ2n) is 3.48. The Balaban J connectivity index is 2.77. The number of amides is 1. The average molecular weight is 245 g/mol. The lowest BCUT2D eigenvalue weighted by Gasteiger charge is -2.16. The van der Waals surface area contributed by atoms with E-state index in [1.54, 1.807) is 13.1 Å². The number of rotatable bonds is 4. The fourth-order valence-corrected chi connectivity index (χ4v) is 1.54. The van der Waals surface area contributed by atoms with Gasteiger partial charge in [0.25, 0.3) is 0 Å².